The van der Waals surface area contributed by atoms with E-state index in [9.17, 15) is 4.79 Å². The number of carbonyl (C=O) groups excluding carboxylic acids is 1. The smallest absolute Gasteiger partial charge is 0.281 e. The van der Waals surface area contributed by atoms with Gasteiger partial charge in [0.15, 0.2) is 0 Å². The molecule has 0 radical (unpaired) electrons. The van der Waals surface area contributed by atoms with Crippen LogP contribution in [0.1, 0.15) is 30.0 Å². The number of nitrogens with one attached hydrogen (secondary N) is 1. The number of carbonyl (C=O) groups is 1. The lowest BCUT2D eigenvalue weighted by Crippen LogP contribution is -2.32. The van der Waals surface area contributed by atoms with Gasteiger partial charge in [-0.3, -0.25) is 10.2 Å². The van der Waals surface area contributed by atoms with Crippen molar-refractivity contribution < 1.29 is 4.79 Å². The average molecular weight is 221 g/mol. The van der Waals surface area contributed by atoms with E-state index in [0.29, 0.717) is 18.2 Å². The molecule has 88 valence electrons. The highest BCUT2D eigenvalue weighted by atomic mass is 16.2. The van der Waals surface area contributed by atoms with Crippen molar-refractivity contribution in [3.63, 3.8) is 0 Å². The van der Waals surface area contributed by atoms with Gasteiger partial charge in [-0.25, -0.2) is 5.84 Å². The molecule has 0 saturated heterocycles. The SMILES string of the molecule is C=CCn1c(CC(C)C)ccc1C(=O)NN. The van der Waals surface area contributed by atoms with Crippen LogP contribution in [-0.4, -0.2) is 10.5 Å². The summed E-state index contributed by atoms with van der Waals surface area (Å²) >= 11 is 0. The van der Waals surface area contributed by atoms with Gasteiger partial charge in [0.05, 0.1) is 0 Å². The van der Waals surface area contributed by atoms with E-state index in [1.54, 1.807) is 12.1 Å². The van der Waals surface area contributed by atoms with E-state index >= 15 is 0 Å². The summed E-state index contributed by atoms with van der Waals surface area (Å²) in [5.41, 5.74) is 3.87. The topological polar surface area (TPSA) is 60.0 Å². The molecule has 1 rings (SSSR count). The number of nitrogens with zero attached hydrogens (tertiary/aromatic N) is 1. The highest BCUT2D eigenvalue weighted by Gasteiger charge is 2.13. The molecule has 0 fully saturated rings. The van der Waals surface area contributed by atoms with Gasteiger partial charge in [-0.2, -0.15) is 0 Å². The fourth-order valence-corrected chi connectivity index (χ4v) is 1.72. The van der Waals surface area contributed by atoms with Crippen LogP contribution in [0.15, 0.2) is 24.8 Å². The van der Waals surface area contributed by atoms with Gasteiger partial charge in [-0.1, -0.05) is 19.9 Å². The third-order valence-electron chi connectivity index (χ3n) is 2.36. The first kappa shape index (κ1) is 12.5. The lowest BCUT2D eigenvalue weighted by atomic mass is 10.1. The van der Waals surface area contributed by atoms with Crippen molar-refractivity contribution in [1.82, 2.24) is 9.99 Å². The third-order valence-corrected chi connectivity index (χ3v) is 2.36. The molecule has 1 heterocycles. The molecule has 0 aliphatic rings. The summed E-state index contributed by atoms with van der Waals surface area (Å²) in [5, 5.41) is 0. The minimum absolute atomic E-state index is 0.267. The second-order valence-corrected chi connectivity index (χ2v) is 4.18. The van der Waals surface area contributed by atoms with Crippen molar-refractivity contribution >= 4 is 5.91 Å². The molecule has 0 unspecified atom stereocenters. The Hall–Kier alpha value is -1.55. The van der Waals surface area contributed by atoms with E-state index in [2.05, 4.69) is 25.9 Å². The molecule has 0 aliphatic heterocycles. The fraction of sp³-hybridized carbons (Fsp3) is 0.417. The summed E-state index contributed by atoms with van der Waals surface area (Å²) in [6.45, 7) is 8.61. The van der Waals surface area contributed by atoms with Crippen LogP contribution in [0.3, 0.4) is 0 Å². The van der Waals surface area contributed by atoms with E-state index < -0.39 is 0 Å². The van der Waals surface area contributed by atoms with Crippen molar-refractivity contribution in [3.05, 3.63) is 36.2 Å². The maximum atomic E-state index is 11.5. The van der Waals surface area contributed by atoms with Crippen LogP contribution in [0.25, 0.3) is 0 Å². The van der Waals surface area contributed by atoms with Crippen LogP contribution in [0.2, 0.25) is 0 Å². The van der Waals surface area contributed by atoms with Gasteiger partial charge in [-0.05, 0) is 24.5 Å². The molecule has 0 atom stereocenters. The number of rotatable bonds is 5. The molecule has 0 aliphatic carbocycles. The standard InChI is InChI=1S/C12H19N3O/c1-4-7-15-10(8-9(2)3)5-6-11(15)12(16)14-13/h4-6,9H,1,7-8,13H2,2-3H3,(H,14,16). The van der Waals surface area contributed by atoms with E-state index in [4.69, 9.17) is 5.84 Å². The van der Waals surface area contributed by atoms with Crippen LogP contribution in [0.4, 0.5) is 0 Å². The van der Waals surface area contributed by atoms with Crippen molar-refractivity contribution in [1.29, 1.82) is 0 Å². The summed E-state index contributed by atoms with van der Waals surface area (Å²) in [6, 6.07) is 3.76. The Balaban J connectivity index is 3.05. The number of nitrogens with two attached hydrogens (primary N) is 1. The number of amides is 1. The van der Waals surface area contributed by atoms with Crippen LogP contribution in [-0.2, 0) is 13.0 Å². The van der Waals surface area contributed by atoms with Gasteiger partial charge in [0.1, 0.15) is 5.69 Å². The molecule has 1 aromatic heterocycles. The summed E-state index contributed by atoms with van der Waals surface area (Å²) in [6.07, 6.45) is 2.71. The summed E-state index contributed by atoms with van der Waals surface area (Å²) < 4.78 is 1.94. The first-order valence-electron chi connectivity index (χ1n) is 5.40. The minimum Gasteiger partial charge on any atom is -0.337 e. The first-order valence-corrected chi connectivity index (χ1v) is 5.40. The number of nitrogen functional groups attached to an aromatic ring is 1. The Morgan fingerprint density at radius 3 is 2.81 bits per heavy atom. The Labute approximate surface area is 96.1 Å². The van der Waals surface area contributed by atoms with Gasteiger partial charge in [0.25, 0.3) is 5.91 Å². The lowest BCUT2D eigenvalue weighted by molar-refractivity contribution is 0.0944. The predicted molar refractivity (Wildman–Crippen MR) is 64.8 cm³/mol. The molecular weight excluding hydrogens is 202 g/mol. The molecule has 0 spiro atoms. The second kappa shape index (κ2) is 5.51. The summed E-state index contributed by atoms with van der Waals surface area (Å²) in [7, 11) is 0. The fourth-order valence-electron chi connectivity index (χ4n) is 1.72. The number of hydrogen-bond acceptors (Lipinski definition) is 2. The lowest BCUT2D eigenvalue weighted by Gasteiger charge is -2.12. The van der Waals surface area contributed by atoms with Crippen molar-refractivity contribution in [3.8, 4) is 0 Å². The van der Waals surface area contributed by atoms with Gasteiger partial charge in [0.2, 0.25) is 0 Å². The molecule has 16 heavy (non-hydrogen) atoms. The first-order chi connectivity index (χ1) is 7.60. The molecule has 0 aromatic carbocycles. The molecule has 3 N–H and O–H groups in total. The average Bonchev–Trinajstić information content (AvgIpc) is 2.61. The minimum atomic E-state index is -0.267. The normalized spacial score (nSPS) is 10.5. The monoisotopic (exact) mass is 221 g/mol. The maximum absolute atomic E-state index is 11.5. The Morgan fingerprint density at radius 1 is 1.62 bits per heavy atom. The highest BCUT2D eigenvalue weighted by Crippen LogP contribution is 2.14. The molecular formula is C12H19N3O. The van der Waals surface area contributed by atoms with E-state index in [1.165, 1.54) is 0 Å². The zero-order valence-corrected chi connectivity index (χ0v) is 9.86. The summed E-state index contributed by atoms with van der Waals surface area (Å²) in [5.74, 6) is 5.42. The zero-order valence-electron chi connectivity index (χ0n) is 9.86. The van der Waals surface area contributed by atoms with Gasteiger partial charge in [-0.15, -0.1) is 6.58 Å². The zero-order chi connectivity index (χ0) is 12.1. The van der Waals surface area contributed by atoms with Gasteiger partial charge >= 0.3 is 0 Å². The number of hydrazine groups is 1. The molecule has 1 amide bonds. The second-order valence-electron chi connectivity index (χ2n) is 4.18. The number of hydrogen-bond donors (Lipinski definition) is 2. The highest BCUT2D eigenvalue weighted by molar-refractivity contribution is 5.92. The van der Waals surface area contributed by atoms with E-state index in [-0.39, 0.29) is 5.91 Å². The van der Waals surface area contributed by atoms with Crippen molar-refractivity contribution in [2.24, 2.45) is 11.8 Å². The van der Waals surface area contributed by atoms with Crippen LogP contribution in [0, 0.1) is 5.92 Å². The molecule has 0 saturated carbocycles. The van der Waals surface area contributed by atoms with E-state index in [1.807, 2.05) is 10.6 Å². The molecule has 0 bridgehead atoms. The van der Waals surface area contributed by atoms with Crippen molar-refractivity contribution in [2.45, 2.75) is 26.8 Å². The van der Waals surface area contributed by atoms with Crippen LogP contribution in [0.5, 0.6) is 0 Å². The Morgan fingerprint density at radius 2 is 2.31 bits per heavy atom. The Kier molecular flexibility index (Phi) is 4.31. The predicted octanol–water partition coefficient (Wildman–Crippen LogP) is 1.48. The molecule has 4 heteroatoms. The number of aromatic nitrogens is 1. The molecule has 4 nitrogen and oxygen atoms in total. The van der Waals surface area contributed by atoms with Crippen molar-refractivity contribution in [2.75, 3.05) is 0 Å². The van der Waals surface area contributed by atoms with E-state index in [0.717, 1.165) is 12.1 Å². The van der Waals surface area contributed by atoms with Crippen LogP contribution < -0.4 is 11.3 Å². The third kappa shape index (κ3) is 2.73. The molecule has 1 aromatic rings. The maximum Gasteiger partial charge on any atom is 0.281 e. The van der Waals surface area contributed by atoms with Gasteiger partial charge in [0, 0.05) is 12.2 Å². The Bertz CT molecular complexity index is 380. The summed E-state index contributed by atoms with van der Waals surface area (Å²) in [4.78, 5) is 11.5. The van der Waals surface area contributed by atoms with Crippen LogP contribution >= 0.6 is 0 Å². The number of allylic oxidation sites excluding steroid dienone is 1. The quantitative estimate of drug-likeness (QED) is 0.342. The largest absolute Gasteiger partial charge is 0.337 e. The van der Waals surface area contributed by atoms with Gasteiger partial charge < -0.3 is 4.57 Å².